The fraction of sp³-hybridized carbons (Fsp3) is 0.483. The van der Waals surface area contributed by atoms with Crippen LogP contribution in [0.15, 0.2) is 66.4 Å². The van der Waals surface area contributed by atoms with Crippen LogP contribution in [-0.2, 0) is 9.53 Å². The number of carbonyl (C=O) groups is 1. The summed E-state index contributed by atoms with van der Waals surface area (Å²) in [4.78, 5) is 12.1. The van der Waals surface area contributed by atoms with Crippen LogP contribution in [0.5, 0.6) is 0 Å². The molecule has 0 aromatic heterocycles. The summed E-state index contributed by atoms with van der Waals surface area (Å²) in [6.07, 6.45) is 18.2. The molecule has 1 saturated heterocycles. The van der Waals surface area contributed by atoms with Crippen LogP contribution in [0.25, 0.3) is 5.57 Å². The van der Waals surface area contributed by atoms with Gasteiger partial charge in [-0.3, -0.25) is 4.79 Å². The number of rotatable bonds is 12. The number of esters is 1. The number of allylic oxidation sites excluding steroid dienone is 7. The van der Waals surface area contributed by atoms with Crippen molar-refractivity contribution in [2.45, 2.75) is 72.3 Å². The molecule has 33 heavy (non-hydrogen) atoms. The van der Waals surface area contributed by atoms with Gasteiger partial charge in [-0.25, -0.2) is 4.39 Å². The summed E-state index contributed by atoms with van der Waals surface area (Å²) in [5.41, 5.74) is 8.47. The van der Waals surface area contributed by atoms with Gasteiger partial charge in [-0.2, -0.15) is 0 Å². The minimum atomic E-state index is -0.241. The molecule has 0 amide bonds. The molecule has 1 aliphatic heterocycles. The van der Waals surface area contributed by atoms with Crippen LogP contribution in [0, 0.1) is 23.6 Å². The third-order valence-electron chi connectivity index (χ3n) is 6.51. The lowest BCUT2D eigenvalue weighted by molar-refractivity contribution is -0.144. The van der Waals surface area contributed by atoms with Gasteiger partial charge in [-0.05, 0) is 80.9 Å². The molecule has 1 aromatic carbocycles. The van der Waals surface area contributed by atoms with E-state index in [-0.39, 0.29) is 23.8 Å². The number of hydrogen-bond donors (Lipinski definition) is 1. The summed E-state index contributed by atoms with van der Waals surface area (Å²) in [7, 11) is 0. The largest absolute Gasteiger partial charge is 0.462 e. The van der Waals surface area contributed by atoms with Gasteiger partial charge in [0.05, 0.1) is 5.92 Å². The van der Waals surface area contributed by atoms with Gasteiger partial charge < -0.3 is 10.5 Å². The summed E-state index contributed by atoms with van der Waals surface area (Å²) >= 11 is 0. The lowest BCUT2D eigenvalue weighted by Gasteiger charge is -2.19. The number of nitrogens with two attached hydrogens (primary N) is 1. The van der Waals surface area contributed by atoms with E-state index in [0.29, 0.717) is 17.5 Å². The van der Waals surface area contributed by atoms with Crippen molar-refractivity contribution in [1.29, 1.82) is 0 Å². The maximum Gasteiger partial charge on any atom is 0.309 e. The number of carbonyl (C=O) groups excluding carboxylic acids is 1. The van der Waals surface area contributed by atoms with Crippen LogP contribution in [0.2, 0.25) is 0 Å². The summed E-state index contributed by atoms with van der Waals surface area (Å²) in [6, 6.07) is 6.53. The Labute approximate surface area is 199 Å². The fourth-order valence-corrected chi connectivity index (χ4v) is 4.50. The highest BCUT2D eigenvalue weighted by Gasteiger charge is 2.41. The first kappa shape index (κ1) is 26.6. The van der Waals surface area contributed by atoms with Gasteiger partial charge in [-0.15, -0.1) is 0 Å². The van der Waals surface area contributed by atoms with Crippen molar-refractivity contribution in [1.82, 2.24) is 0 Å². The van der Waals surface area contributed by atoms with Gasteiger partial charge in [-0.1, -0.05) is 63.1 Å². The van der Waals surface area contributed by atoms with Crippen LogP contribution in [0.3, 0.4) is 0 Å². The van der Waals surface area contributed by atoms with Gasteiger partial charge >= 0.3 is 5.97 Å². The van der Waals surface area contributed by atoms with Crippen LogP contribution >= 0.6 is 0 Å². The second-order valence-electron chi connectivity index (χ2n) is 9.26. The zero-order valence-electron chi connectivity index (χ0n) is 20.6. The molecule has 2 N–H and O–H groups in total. The van der Waals surface area contributed by atoms with E-state index in [0.717, 1.165) is 49.7 Å². The second kappa shape index (κ2) is 13.8. The van der Waals surface area contributed by atoms with Crippen LogP contribution in [0.4, 0.5) is 4.39 Å². The molecule has 0 bridgehead atoms. The van der Waals surface area contributed by atoms with Gasteiger partial charge in [0.25, 0.3) is 0 Å². The van der Waals surface area contributed by atoms with Crippen molar-refractivity contribution < 1.29 is 13.9 Å². The average Bonchev–Trinajstić information content (AvgIpc) is 3.05. The molecule has 0 spiro atoms. The summed E-state index contributed by atoms with van der Waals surface area (Å²) in [6.45, 7) is 8.35. The highest BCUT2D eigenvalue weighted by Crippen LogP contribution is 2.36. The van der Waals surface area contributed by atoms with E-state index in [1.165, 1.54) is 12.1 Å². The zero-order valence-corrected chi connectivity index (χ0v) is 20.6. The third-order valence-corrected chi connectivity index (χ3v) is 6.51. The standard InChI is InChI=1S/C29H40FNO2/c1-5-27-23(4)33-29(32)28(27)19-21(2)13-10-8-6-7-9-11-16-26(31)18-17-22(3)24-14-12-15-25(30)20-24/h7,9,11-12,14-18,20-21,23,27-28H,5-6,8,10,13,19,31H2,1-4H3/b9-7-,16-11+,22-17+,26-18-/t21-,23+,27+,28+/m0/s1. The van der Waals surface area contributed by atoms with Crippen LogP contribution in [0.1, 0.15) is 71.8 Å². The van der Waals surface area contributed by atoms with E-state index in [1.54, 1.807) is 6.07 Å². The van der Waals surface area contributed by atoms with E-state index in [2.05, 4.69) is 19.9 Å². The Morgan fingerprint density at radius 2 is 2.03 bits per heavy atom. The first-order chi connectivity index (χ1) is 15.8. The summed E-state index contributed by atoms with van der Waals surface area (Å²) in [5.74, 6) is 0.756. The van der Waals surface area contributed by atoms with E-state index in [9.17, 15) is 9.18 Å². The Bertz CT molecular complexity index is 883. The molecule has 0 saturated carbocycles. The van der Waals surface area contributed by atoms with Crippen molar-refractivity contribution in [3.8, 4) is 0 Å². The number of unbranched alkanes of at least 4 members (excludes halogenated alkanes) is 2. The van der Waals surface area contributed by atoms with Crippen molar-refractivity contribution >= 4 is 11.5 Å². The highest BCUT2D eigenvalue weighted by atomic mass is 19.1. The highest BCUT2D eigenvalue weighted by molar-refractivity contribution is 5.75. The first-order valence-corrected chi connectivity index (χ1v) is 12.3. The number of hydrogen-bond acceptors (Lipinski definition) is 3. The molecule has 180 valence electrons. The van der Waals surface area contributed by atoms with Crippen molar-refractivity contribution in [3.05, 3.63) is 77.8 Å². The molecule has 1 aliphatic rings. The van der Waals surface area contributed by atoms with Crippen LogP contribution in [-0.4, -0.2) is 12.1 Å². The van der Waals surface area contributed by atoms with Crippen molar-refractivity contribution in [2.24, 2.45) is 23.5 Å². The molecule has 4 heteroatoms. The maximum absolute atomic E-state index is 13.3. The Kier molecular flexibility index (Phi) is 11.2. The molecular formula is C29H40FNO2. The Morgan fingerprint density at radius 1 is 1.24 bits per heavy atom. The van der Waals surface area contributed by atoms with Crippen molar-refractivity contribution in [3.63, 3.8) is 0 Å². The molecule has 1 heterocycles. The van der Waals surface area contributed by atoms with E-state index in [1.807, 2.05) is 50.3 Å². The minimum absolute atomic E-state index is 0.00357. The fourth-order valence-electron chi connectivity index (χ4n) is 4.50. The van der Waals surface area contributed by atoms with E-state index >= 15 is 0 Å². The predicted molar refractivity (Wildman–Crippen MR) is 136 cm³/mol. The third kappa shape index (κ3) is 9.03. The molecular weight excluding hydrogens is 413 g/mol. The topological polar surface area (TPSA) is 52.3 Å². The second-order valence-corrected chi connectivity index (χ2v) is 9.26. The Balaban J connectivity index is 1.65. The first-order valence-electron chi connectivity index (χ1n) is 12.3. The number of cyclic esters (lactones) is 1. The van der Waals surface area contributed by atoms with Gasteiger partial charge in [0, 0.05) is 11.6 Å². The van der Waals surface area contributed by atoms with Gasteiger partial charge in [0.1, 0.15) is 11.9 Å². The van der Waals surface area contributed by atoms with Gasteiger partial charge in [0.2, 0.25) is 0 Å². The van der Waals surface area contributed by atoms with Gasteiger partial charge in [0.15, 0.2) is 0 Å². The Morgan fingerprint density at radius 3 is 2.76 bits per heavy atom. The lowest BCUT2D eigenvalue weighted by Crippen LogP contribution is -2.20. The zero-order chi connectivity index (χ0) is 24.2. The molecule has 0 radical (unpaired) electrons. The molecule has 0 unspecified atom stereocenters. The van der Waals surface area contributed by atoms with Crippen LogP contribution < -0.4 is 5.73 Å². The van der Waals surface area contributed by atoms with E-state index < -0.39 is 0 Å². The number of halogens is 1. The predicted octanol–water partition coefficient (Wildman–Crippen LogP) is 7.36. The summed E-state index contributed by atoms with van der Waals surface area (Å²) < 4.78 is 18.8. The molecule has 2 rings (SSSR count). The minimum Gasteiger partial charge on any atom is -0.462 e. The lowest BCUT2D eigenvalue weighted by atomic mass is 9.81. The maximum atomic E-state index is 13.3. The number of benzene rings is 1. The molecule has 0 aliphatic carbocycles. The van der Waals surface area contributed by atoms with E-state index in [4.69, 9.17) is 10.5 Å². The monoisotopic (exact) mass is 453 g/mol. The normalized spacial score (nSPS) is 22.9. The SMILES string of the molecule is CC[C@@H]1[C@@H](C)OC(=O)[C@@H]1C[C@@H](C)CCCC\C=C/C=C/C(N)=C/C=C(\C)c1cccc(F)c1. The quantitative estimate of drug-likeness (QED) is 0.204. The van der Waals surface area contributed by atoms with Crippen molar-refractivity contribution in [2.75, 3.05) is 0 Å². The summed E-state index contributed by atoms with van der Waals surface area (Å²) in [5, 5.41) is 0. The molecule has 3 nitrogen and oxygen atoms in total. The molecule has 4 atom stereocenters. The number of ether oxygens (including phenoxy) is 1. The molecule has 1 fully saturated rings. The smallest absolute Gasteiger partial charge is 0.309 e. The molecule has 1 aromatic rings. The Hall–Kier alpha value is -2.62. The average molecular weight is 454 g/mol.